The summed E-state index contributed by atoms with van der Waals surface area (Å²) in [5.41, 5.74) is 4.37. The molecule has 2 heterocycles. The fraction of sp³-hybridized carbons (Fsp3) is 0.524. The van der Waals surface area contributed by atoms with Crippen molar-refractivity contribution in [2.45, 2.75) is 31.7 Å². The van der Waals surface area contributed by atoms with E-state index in [-0.39, 0.29) is 0 Å². The number of rotatable bonds is 2. The van der Waals surface area contributed by atoms with Crippen LogP contribution in [-0.4, -0.2) is 55.2 Å². The molecule has 0 spiro atoms. The molecule has 4 nitrogen and oxygen atoms in total. The number of piperazine rings is 1. The van der Waals surface area contributed by atoms with E-state index in [0.29, 0.717) is 19.3 Å². The van der Waals surface area contributed by atoms with E-state index in [1.165, 1.54) is 18.5 Å². The maximum Gasteiger partial charge on any atom is 0.179 e. The Balaban J connectivity index is 1.24. The highest BCUT2D eigenvalue weighted by atomic mass is 16.6. The number of hydrogen-bond donors (Lipinski definition) is 0. The third kappa shape index (κ3) is 2.82. The second-order valence-corrected chi connectivity index (χ2v) is 7.43. The van der Waals surface area contributed by atoms with Gasteiger partial charge >= 0.3 is 0 Å². The van der Waals surface area contributed by atoms with Crippen LogP contribution < -0.4 is 0 Å². The summed E-state index contributed by atoms with van der Waals surface area (Å²) in [6.07, 6.45) is 6.82. The van der Waals surface area contributed by atoms with Crippen molar-refractivity contribution in [3.8, 4) is 0 Å². The number of benzene rings is 1. The molecule has 5 rings (SSSR count). The lowest BCUT2D eigenvalue weighted by Gasteiger charge is -2.41. The van der Waals surface area contributed by atoms with Gasteiger partial charge in [-0.1, -0.05) is 30.3 Å². The number of allylic oxidation sites excluding steroid dienone is 2. The lowest BCUT2D eigenvalue weighted by molar-refractivity contribution is 0.0468. The first kappa shape index (κ1) is 15.3. The van der Waals surface area contributed by atoms with E-state index in [4.69, 9.17) is 9.47 Å². The molecule has 0 amide bonds. The molecule has 0 aromatic heterocycles. The number of nitrogens with zero attached hydrogens (tertiary/aromatic N) is 2. The van der Waals surface area contributed by atoms with Gasteiger partial charge in [0.1, 0.15) is 19.0 Å². The Morgan fingerprint density at radius 1 is 0.880 bits per heavy atom. The third-order valence-corrected chi connectivity index (χ3v) is 6.00. The zero-order valence-corrected chi connectivity index (χ0v) is 14.7. The standard InChI is InChI=1S/C21H26N2O2/c1-2-5-17-15-18(14-16(17)4-1)22-8-10-23(11-9-22)19-6-3-7-20-21(19)25-13-12-24-20/h1-2,4-6,18H,3,7-15H2. The molecule has 0 bridgehead atoms. The van der Waals surface area contributed by atoms with Crippen LogP contribution in [0.1, 0.15) is 24.0 Å². The van der Waals surface area contributed by atoms with Gasteiger partial charge in [0.05, 0.1) is 5.70 Å². The molecule has 1 aromatic rings. The first-order valence-corrected chi connectivity index (χ1v) is 9.63. The van der Waals surface area contributed by atoms with E-state index in [0.717, 1.165) is 50.5 Å². The Hall–Kier alpha value is -1.94. The highest BCUT2D eigenvalue weighted by Gasteiger charge is 2.32. The Labute approximate surface area is 149 Å². The van der Waals surface area contributed by atoms with Crippen molar-refractivity contribution in [1.29, 1.82) is 0 Å². The van der Waals surface area contributed by atoms with E-state index in [1.807, 2.05) is 0 Å². The molecule has 1 fully saturated rings. The monoisotopic (exact) mass is 338 g/mol. The molecule has 1 aromatic carbocycles. The first-order chi connectivity index (χ1) is 12.4. The molecular formula is C21H26N2O2. The molecular weight excluding hydrogens is 312 g/mol. The van der Waals surface area contributed by atoms with E-state index < -0.39 is 0 Å². The van der Waals surface area contributed by atoms with Crippen molar-refractivity contribution in [2.75, 3.05) is 39.4 Å². The van der Waals surface area contributed by atoms with Crippen LogP contribution in [0.25, 0.3) is 0 Å². The zero-order valence-electron chi connectivity index (χ0n) is 14.7. The summed E-state index contributed by atoms with van der Waals surface area (Å²) >= 11 is 0. The maximum atomic E-state index is 5.95. The summed E-state index contributed by atoms with van der Waals surface area (Å²) in [4.78, 5) is 5.19. The van der Waals surface area contributed by atoms with E-state index in [2.05, 4.69) is 40.1 Å². The minimum atomic E-state index is 0.677. The minimum absolute atomic E-state index is 0.677. The number of fused-ring (bicyclic) bond motifs is 1. The average Bonchev–Trinajstić information content (AvgIpc) is 3.12. The molecule has 4 heteroatoms. The van der Waals surface area contributed by atoms with Crippen molar-refractivity contribution in [2.24, 2.45) is 0 Å². The van der Waals surface area contributed by atoms with Crippen LogP contribution in [0.5, 0.6) is 0 Å². The Morgan fingerprint density at radius 3 is 2.36 bits per heavy atom. The topological polar surface area (TPSA) is 24.9 Å². The van der Waals surface area contributed by atoms with Crippen molar-refractivity contribution in [3.05, 3.63) is 58.7 Å². The molecule has 0 unspecified atom stereocenters. The van der Waals surface area contributed by atoms with Gasteiger partial charge in [0.25, 0.3) is 0 Å². The number of ether oxygens (including phenoxy) is 2. The molecule has 4 aliphatic rings. The second kappa shape index (κ2) is 6.41. The van der Waals surface area contributed by atoms with Crippen LogP contribution in [0.2, 0.25) is 0 Å². The van der Waals surface area contributed by atoms with Crippen molar-refractivity contribution >= 4 is 0 Å². The van der Waals surface area contributed by atoms with Crippen LogP contribution in [-0.2, 0) is 22.3 Å². The van der Waals surface area contributed by atoms with E-state index >= 15 is 0 Å². The van der Waals surface area contributed by atoms with E-state index in [1.54, 1.807) is 11.1 Å². The second-order valence-electron chi connectivity index (χ2n) is 7.43. The largest absolute Gasteiger partial charge is 0.490 e. The molecule has 132 valence electrons. The maximum absolute atomic E-state index is 5.95. The fourth-order valence-electron chi connectivity index (χ4n) is 4.68. The predicted octanol–water partition coefficient (Wildman–Crippen LogP) is 2.71. The molecule has 2 aliphatic heterocycles. The van der Waals surface area contributed by atoms with Crippen molar-refractivity contribution < 1.29 is 9.47 Å². The molecule has 0 N–H and O–H groups in total. The summed E-state index contributed by atoms with van der Waals surface area (Å²) in [5, 5.41) is 0. The van der Waals surface area contributed by atoms with Gasteiger partial charge in [-0.25, -0.2) is 0 Å². The summed E-state index contributed by atoms with van der Waals surface area (Å²) in [6, 6.07) is 9.63. The quantitative estimate of drug-likeness (QED) is 0.828. The van der Waals surface area contributed by atoms with Gasteiger partial charge in [-0.15, -0.1) is 0 Å². The summed E-state index contributed by atoms with van der Waals surface area (Å²) in [6.45, 7) is 5.81. The molecule has 0 atom stereocenters. The molecule has 1 saturated heterocycles. The third-order valence-electron chi connectivity index (χ3n) is 6.00. The highest BCUT2D eigenvalue weighted by Crippen LogP contribution is 2.33. The Kier molecular flexibility index (Phi) is 3.93. The Morgan fingerprint density at radius 2 is 1.60 bits per heavy atom. The minimum Gasteiger partial charge on any atom is -0.490 e. The van der Waals surface area contributed by atoms with Crippen LogP contribution in [0.3, 0.4) is 0 Å². The lowest BCUT2D eigenvalue weighted by Crippen LogP contribution is -2.50. The van der Waals surface area contributed by atoms with Crippen LogP contribution >= 0.6 is 0 Å². The van der Waals surface area contributed by atoms with Gasteiger partial charge in [-0.05, 0) is 30.4 Å². The summed E-state index contributed by atoms with van der Waals surface area (Å²) in [5.74, 6) is 2.08. The first-order valence-electron chi connectivity index (χ1n) is 9.63. The van der Waals surface area contributed by atoms with Gasteiger partial charge in [-0.3, -0.25) is 4.90 Å². The van der Waals surface area contributed by atoms with E-state index in [9.17, 15) is 0 Å². The summed E-state index contributed by atoms with van der Waals surface area (Å²) in [7, 11) is 0. The van der Waals surface area contributed by atoms with Gasteiger partial charge in [0.15, 0.2) is 5.76 Å². The molecule has 25 heavy (non-hydrogen) atoms. The SMILES string of the molecule is C1=C(N2CCN(C3Cc4ccccc4C3)CC2)C2=C(CC1)OCCO2. The zero-order chi connectivity index (χ0) is 16.6. The molecule has 0 radical (unpaired) electrons. The predicted molar refractivity (Wildman–Crippen MR) is 97.0 cm³/mol. The summed E-state index contributed by atoms with van der Waals surface area (Å²) < 4.78 is 11.8. The number of hydrogen-bond acceptors (Lipinski definition) is 4. The van der Waals surface area contributed by atoms with Crippen LogP contribution in [0.15, 0.2) is 47.6 Å². The normalized spacial score (nSPS) is 24.3. The smallest absolute Gasteiger partial charge is 0.179 e. The average molecular weight is 338 g/mol. The fourth-order valence-corrected chi connectivity index (χ4v) is 4.68. The molecule has 0 saturated carbocycles. The lowest BCUT2D eigenvalue weighted by atomic mass is 10.1. The molecule has 2 aliphatic carbocycles. The van der Waals surface area contributed by atoms with Gasteiger partial charge in [0.2, 0.25) is 0 Å². The van der Waals surface area contributed by atoms with Gasteiger partial charge in [-0.2, -0.15) is 0 Å². The van der Waals surface area contributed by atoms with Crippen LogP contribution in [0.4, 0.5) is 0 Å². The van der Waals surface area contributed by atoms with Gasteiger partial charge < -0.3 is 14.4 Å². The van der Waals surface area contributed by atoms with Crippen molar-refractivity contribution in [3.63, 3.8) is 0 Å². The van der Waals surface area contributed by atoms with Crippen LogP contribution in [0, 0.1) is 0 Å². The Bertz CT molecular complexity index is 691. The van der Waals surface area contributed by atoms with Gasteiger partial charge in [0, 0.05) is 38.6 Å². The highest BCUT2D eigenvalue weighted by molar-refractivity contribution is 5.34. The van der Waals surface area contributed by atoms with Crippen molar-refractivity contribution in [1.82, 2.24) is 9.80 Å².